The molecule has 1 rings (SSSR count). The fraction of sp³-hybridized carbons (Fsp3) is 0.455. The van der Waals surface area contributed by atoms with E-state index in [1.54, 1.807) is 13.8 Å². The van der Waals surface area contributed by atoms with Crippen LogP contribution < -0.4 is 5.73 Å². The summed E-state index contributed by atoms with van der Waals surface area (Å²) in [6.45, 7) is 3.87. The minimum absolute atomic E-state index is 0.230. The molecule has 1 aromatic rings. The number of hydrogen-bond donors (Lipinski definition) is 1. The van der Waals surface area contributed by atoms with Gasteiger partial charge >= 0.3 is 7.60 Å². The maximum Gasteiger partial charge on any atom is 0.351 e. The predicted molar refractivity (Wildman–Crippen MR) is 71.9 cm³/mol. The van der Waals surface area contributed by atoms with Gasteiger partial charge in [0.05, 0.1) is 17.7 Å². The Balaban J connectivity index is 3.05. The monoisotopic (exact) mass is 339 g/mol. The molecule has 0 radical (unpaired) electrons. The number of nitrogens with two attached hydrogens (primary N) is 1. The van der Waals surface area contributed by atoms with Gasteiger partial charge in [-0.15, -0.1) is 0 Å². The summed E-state index contributed by atoms with van der Waals surface area (Å²) in [5.74, 6) is -1.34. The number of hydrogen-bond acceptors (Lipinski definition) is 4. The van der Waals surface area contributed by atoms with Crippen LogP contribution in [0.3, 0.4) is 0 Å². The van der Waals surface area contributed by atoms with E-state index in [-0.39, 0.29) is 17.7 Å². The largest absolute Gasteiger partial charge is 0.351 e. The standard InChI is InChI=1S/C11H16BrFNO3P/c1-3-16-18(15,17-4-2)11(14)8-5-6-10(13)9(12)7-8/h5-7,11H,3-4,14H2,1-2H3/t11-/m0/s1. The Morgan fingerprint density at radius 1 is 1.39 bits per heavy atom. The van der Waals surface area contributed by atoms with E-state index in [4.69, 9.17) is 14.8 Å². The highest BCUT2D eigenvalue weighted by Gasteiger charge is 2.34. The fourth-order valence-electron chi connectivity index (χ4n) is 1.44. The molecule has 2 N–H and O–H groups in total. The normalized spacial score (nSPS) is 13.6. The van der Waals surface area contributed by atoms with Crippen LogP contribution in [0, 0.1) is 5.82 Å². The van der Waals surface area contributed by atoms with E-state index in [0.29, 0.717) is 5.56 Å². The lowest BCUT2D eigenvalue weighted by molar-refractivity contribution is 0.212. The summed E-state index contributed by atoms with van der Waals surface area (Å²) >= 11 is 3.06. The second-order valence-electron chi connectivity index (χ2n) is 3.49. The topological polar surface area (TPSA) is 61.5 Å². The molecule has 0 fully saturated rings. The van der Waals surface area contributed by atoms with Gasteiger partial charge in [0.1, 0.15) is 11.6 Å². The number of halogens is 2. The summed E-state index contributed by atoms with van der Waals surface area (Å²) in [6.07, 6.45) is 0. The molecular weight excluding hydrogens is 324 g/mol. The van der Waals surface area contributed by atoms with Gasteiger partial charge in [-0.1, -0.05) is 6.07 Å². The third-order valence-electron chi connectivity index (χ3n) is 2.24. The van der Waals surface area contributed by atoms with Crippen molar-refractivity contribution in [3.63, 3.8) is 0 Å². The molecular formula is C11H16BrFNO3P. The maximum atomic E-state index is 13.1. The SMILES string of the molecule is CCOP(=O)(OCC)[C@H](N)c1ccc(F)c(Br)c1. The molecule has 0 saturated carbocycles. The summed E-state index contributed by atoms with van der Waals surface area (Å²) in [5.41, 5.74) is 6.40. The van der Waals surface area contributed by atoms with Gasteiger partial charge in [0, 0.05) is 0 Å². The maximum absolute atomic E-state index is 13.1. The molecule has 0 unspecified atom stereocenters. The molecule has 0 aromatic heterocycles. The van der Waals surface area contributed by atoms with Crippen molar-refractivity contribution in [1.29, 1.82) is 0 Å². The molecule has 1 atom stereocenters. The molecule has 0 aliphatic carbocycles. The molecule has 0 bridgehead atoms. The highest BCUT2D eigenvalue weighted by Crippen LogP contribution is 2.58. The van der Waals surface area contributed by atoms with Gasteiger partial charge in [0.25, 0.3) is 0 Å². The van der Waals surface area contributed by atoms with Gasteiger partial charge in [0.15, 0.2) is 0 Å². The first kappa shape index (κ1) is 15.8. The van der Waals surface area contributed by atoms with Gasteiger partial charge in [-0.25, -0.2) is 4.39 Å². The smallest absolute Gasteiger partial charge is 0.314 e. The van der Waals surface area contributed by atoms with Gasteiger partial charge in [-0.3, -0.25) is 4.57 Å². The number of rotatable bonds is 6. The van der Waals surface area contributed by atoms with Gasteiger partial charge in [0.2, 0.25) is 0 Å². The van der Waals surface area contributed by atoms with Crippen molar-refractivity contribution in [3.05, 3.63) is 34.1 Å². The molecule has 0 aliphatic rings. The van der Waals surface area contributed by atoms with Crippen LogP contribution in [0.5, 0.6) is 0 Å². The Hall–Kier alpha value is -0.260. The fourth-order valence-corrected chi connectivity index (χ4v) is 3.47. The van der Waals surface area contributed by atoms with Crippen LogP contribution in [0.1, 0.15) is 25.2 Å². The highest BCUT2D eigenvalue weighted by atomic mass is 79.9. The average molecular weight is 340 g/mol. The summed E-state index contributed by atoms with van der Waals surface area (Å²) in [6, 6.07) is 4.20. The third-order valence-corrected chi connectivity index (χ3v) is 5.07. The lowest BCUT2D eigenvalue weighted by Gasteiger charge is -2.23. The summed E-state index contributed by atoms with van der Waals surface area (Å²) < 4.78 is 36.1. The Morgan fingerprint density at radius 3 is 2.39 bits per heavy atom. The second kappa shape index (κ2) is 6.78. The van der Waals surface area contributed by atoms with Crippen molar-refractivity contribution in [2.45, 2.75) is 19.6 Å². The Bertz CT molecular complexity index is 448. The predicted octanol–water partition coefficient (Wildman–Crippen LogP) is 3.81. The molecule has 0 aliphatic heterocycles. The molecule has 102 valence electrons. The first-order valence-electron chi connectivity index (χ1n) is 5.54. The second-order valence-corrected chi connectivity index (χ2v) is 6.50. The van der Waals surface area contributed by atoms with Crippen LogP contribution in [0.2, 0.25) is 0 Å². The quantitative estimate of drug-likeness (QED) is 0.800. The third kappa shape index (κ3) is 3.62. The van der Waals surface area contributed by atoms with Crippen molar-refractivity contribution in [3.8, 4) is 0 Å². The first-order valence-corrected chi connectivity index (χ1v) is 7.94. The number of benzene rings is 1. The Morgan fingerprint density at radius 2 is 1.94 bits per heavy atom. The van der Waals surface area contributed by atoms with Crippen LogP contribution in [0.15, 0.2) is 22.7 Å². The molecule has 0 saturated heterocycles. The van der Waals surface area contributed by atoms with Crippen molar-refractivity contribution >= 4 is 23.5 Å². The molecule has 4 nitrogen and oxygen atoms in total. The molecule has 0 spiro atoms. The first-order chi connectivity index (χ1) is 8.44. The van der Waals surface area contributed by atoms with Crippen LogP contribution in [-0.4, -0.2) is 13.2 Å². The zero-order valence-electron chi connectivity index (χ0n) is 10.2. The van der Waals surface area contributed by atoms with Gasteiger partial charge < -0.3 is 14.8 Å². The highest BCUT2D eigenvalue weighted by molar-refractivity contribution is 9.10. The van der Waals surface area contributed by atoms with Crippen LogP contribution >= 0.6 is 23.5 Å². The lowest BCUT2D eigenvalue weighted by atomic mass is 10.2. The minimum Gasteiger partial charge on any atom is -0.314 e. The van der Waals surface area contributed by atoms with Crippen molar-refractivity contribution in [1.82, 2.24) is 0 Å². The Kier molecular flexibility index (Phi) is 5.95. The molecule has 1 aromatic carbocycles. The Labute approximate surface area is 114 Å². The molecule has 18 heavy (non-hydrogen) atoms. The minimum atomic E-state index is -3.43. The zero-order valence-corrected chi connectivity index (χ0v) is 12.7. The van der Waals surface area contributed by atoms with E-state index in [1.165, 1.54) is 18.2 Å². The van der Waals surface area contributed by atoms with Gasteiger partial charge in [-0.05, 0) is 47.5 Å². The van der Waals surface area contributed by atoms with Gasteiger partial charge in [-0.2, -0.15) is 0 Å². The molecule has 7 heteroatoms. The van der Waals surface area contributed by atoms with Crippen LogP contribution in [0.25, 0.3) is 0 Å². The molecule has 0 amide bonds. The zero-order chi connectivity index (χ0) is 13.8. The van der Waals surface area contributed by atoms with Crippen LogP contribution in [0.4, 0.5) is 4.39 Å². The van der Waals surface area contributed by atoms with Crippen LogP contribution in [-0.2, 0) is 13.6 Å². The van der Waals surface area contributed by atoms with E-state index in [2.05, 4.69) is 15.9 Å². The van der Waals surface area contributed by atoms with E-state index in [0.717, 1.165) is 0 Å². The average Bonchev–Trinajstić information content (AvgIpc) is 2.32. The summed E-state index contributed by atoms with van der Waals surface area (Å²) in [7, 11) is -3.43. The van der Waals surface area contributed by atoms with Crippen molar-refractivity contribution in [2.24, 2.45) is 5.73 Å². The summed E-state index contributed by atoms with van der Waals surface area (Å²) in [5, 5.41) is 0. The van der Waals surface area contributed by atoms with E-state index in [9.17, 15) is 8.96 Å². The van der Waals surface area contributed by atoms with Crippen molar-refractivity contribution in [2.75, 3.05) is 13.2 Å². The summed E-state index contributed by atoms with van der Waals surface area (Å²) in [4.78, 5) is 0. The van der Waals surface area contributed by atoms with E-state index >= 15 is 0 Å². The van der Waals surface area contributed by atoms with Crippen molar-refractivity contribution < 1.29 is 18.0 Å². The molecule has 0 heterocycles. The van der Waals surface area contributed by atoms with E-state index < -0.39 is 19.2 Å². The van der Waals surface area contributed by atoms with E-state index in [1.807, 2.05) is 0 Å². The lowest BCUT2D eigenvalue weighted by Crippen LogP contribution is -2.15.